The van der Waals surface area contributed by atoms with E-state index < -0.39 is 23.6 Å². The van der Waals surface area contributed by atoms with Gasteiger partial charge in [0.1, 0.15) is 11.6 Å². The van der Waals surface area contributed by atoms with Crippen LogP contribution in [-0.4, -0.2) is 43.0 Å². The number of benzene rings is 1. The first kappa shape index (κ1) is 20.7. The van der Waals surface area contributed by atoms with E-state index >= 15 is 0 Å². The molecule has 0 bridgehead atoms. The molecule has 162 valence electrons. The molecule has 1 aromatic carbocycles. The van der Waals surface area contributed by atoms with Gasteiger partial charge in [0, 0.05) is 12.1 Å². The highest BCUT2D eigenvalue weighted by atomic mass is 19.4. The number of carbonyl (C=O) groups is 1. The van der Waals surface area contributed by atoms with Crippen molar-refractivity contribution in [3.05, 3.63) is 60.1 Å². The Balaban J connectivity index is 1.48. The molecule has 0 saturated heterocycles. The standard InChI is InChI=1S/C19H17F4N7O/c20-11-4-5-15(30-26-6-7-27-30)12(8-11)18(31)29-14-3-1-2-13(14)28-17-10-24-16(9-25-17)19(21,22)23/h4-10,13-14H,1-3H2,(H,25,28)(H,29,31)/t13-,14-/m0/s1. The molecule has 1 fully saturated rings. The molecular weight excluding hydrogens is 418 g/mol. The van der Waals surface area contributed by atoms with Crippen LogP contribution in [0.25, 0.3) is 5.69 Å². The summed E-state index contributed by atoms with van der Waals surface area (Å²) >= 11 is 0. The predicted molar refractivity (Wildman–Crippen MR) is 101 cm³/mol. The fourth-order valence-corrected chi connectivity index (χ4v) is 3.50. The van der Waals surface area contributed by atoms with Gasteiger partial charge in [-0.25, -0.2) is 14.4 Å². The zero-order valence-electron chi connectivity index (χ0n) is 16.0. The van der Waals surface area contributed by atoms with Crippen LogP contribution in [0.3, 0.4) is 0 Å². The number of aromatic nitrogens is 5. The Labute approximate surface area is 173 Å². The molecule has 8 nitrogen and oxygen atoms in total. The molecule has 12 heteroatoms. The van der Waals surface area contributed by atoms with Gasteiger partial charge in [0.05, 0.1) is 36.0 Å². The third kappa shape index (κ3) is 4.62. The third-order valence-corrected chi connectivity index (χ3v) is 4.95. The summed E-state index contributed by atoms with van der Waals surface area (Å²) in [5.41, 5.74) is -0.698. The third-order valence-electron chi connectivity index (χ3n) is 4.95. The predicted octanol–water partition coefficient (Wildman–Crippen LogP) is 2.98. The van der Waals surface area contributed by atoms with Crippen molar-refractivity contribution in [3.8, 4) is 5.69 Å². The minimum absolute atomic E-state index is 0.0659. The molecule has 0 radical (unpaired) electrons. The molecule has 3 aromatic rings. The lowest BCUT2D eigenvalue weighted by Gasteiger charge is -2.23. The van der Waals surface area contributed by atoms with Gasteiger partial charge in [-0.15, -0.1) is 0 Å². The molecule has 2 N–H and O–H groups in total. The summed E-state index contributed by atoms with van der Waals surface area (Å²) in [5.74, 6) is -0.919. The lowest BCUT2D eigenvalue weighted by atomic mass is 10.1. The Hall–Kier alpha value is -3.57. The second-order valence-electron chi connectivity index (χ2n) is 7.03. The highest BCUT2D eigenvalue weighted by Crippen LogP contribution is 2.28. The quantitative estimate of drug-likeness (QED) is 0.598. The minimum Gasteiger partial charge on any atom is -0.364 e. The van der Waals surface area contributed by atoms with E-state index in [-0.39, 0.29) is 23.5 Å². The number of hydrogen-bond acceptors (Lipinski definition) is 6. The van der Waals surface area contributed by atoms with Crippen molar-refractivity contribution in [2.24, 2.45) is 0 Å². The molecule has 0 unspecified atom stereocenters. The van der Waals surface area contributed by atoms with Gasteiger partial charge in [0.25, 0.3) is 5.91 Å². The van der Waals surface area contributed by atoms with E-state index in [1.54, 1.807) is 0 Å². The number of carbonyl (C=O) groups excluding carboxylic acids is 1. The number of hydrogen-bond donors (Lipinski definition) is 2. The molecule has 1 aliphatic rings. The zero-order valence-corrected chi connectivity index (χ0v) is 16.0. The van der Waals surface area contributed by atoms with Crippen molar-refractivity contribution in [3.63, 3.8) is 0 Å². The highest BCUT2D eigenvalue weighted by molar-refractivity contribution is 5.98. The SMILES string of the molecule is O=C(N[C@H]1CCC[C@@H]1Nc1cnc(C(F)(F)F)cn1)c1cc(F)ccc1-n1nccn1. The van der Waals surface area contributed by atoms with E-state index in [1.807, 2.05) is 0 Å². The van der Waals surface area contributed by atoms with E-state index in [1.165, 1.54) is 29.3 Å². The molecule has 1 saturated carbocycles. The van der Waals surface area contributed by atoms with Gasteiger partial charge in [0.2, 0.25) is 0 Å². The van der Waals surface area contributed by atoms with Gasteiger partial charge in [-0.3, -0.25) is 4.79 Å². The summed E-state index contributed by atoms with van der Waals surface area (Å²) in [7, 11) is 0. The van der Waals surface area contributed by atoms with Crippen LogP contribution in [0.2, 0.25) is 0 Å². The van der Waals surface area contributed by atoms with Crippen LogP contribution in [0.15, 0.2) is 43.0 Å². The first-order valence-electron chi connectivity index (χ1n) is 9.44. The summed E-state index contributed by atoms with van der Waals surface area (Å²) in [6.07, 6.45) is 2.07. The smallest absolute Gasteiger partial charge is 0.364 e. The molecule has 4 rings (SSSR count). The molecule has 2 aromatic heterocycles. The Morgan fingerprint density at radius 2 is 1.81 bits per heavy atom. The number of amides is 1. The van der Waals surface area contributed by atoms with Crippen molar-refractivity contribution >= 4 is 11.7 Å². The number of nitrogens with zero attached hydrogens (tertiary/aromatic N) is 5. The maximum Gasteiger partial charge on any atom is 0.434 e. The number of anilines is 1. The summed E-state index contributed by atoms with van der Waals surface area (Å²) < 4.78 is 51.7. The van der Waals surface area contributed by atoms with Crippen LogP contribution in [0.1, 0.15) is 35.3 Å². The van der Waals surface area contributed by atoms with Gasteiger partial charge >= 0.3 is 6.18 Å². The van der Waals surface area contributed by atoms with Crippen LogP contribution in [0.4, 0.5) is 23.4 Å². The molecule has 2 heterocycles. The second-order valence-corrected chi connectivity index (χ2v) is 7.03. The molecule has 0 aliphatic heterocycles. The first-order valence-corrected chi connectivity index (χ1v) is 9.44. The monoisotopic (exact) mass is 435 g/mol. The van der Waals surface area contributed by atoms with Crippen LogP contribution in [0.5, 0.6) is 0 Å². The van der Waals surface area contributed by atoms with Crippen LogP contribution in [0, 0.1) is 5.82 Å². The molecule has 1 amide bonds. The van der Waals surface area contributed by atoms with Crippen LogP contribution >= 0.6 is 0 Å². The molecule has 1 aliphatic carbocycles. The van der Waals surface area contributed by atoms with Crippen LogP contribution < -0.4 is 10.6 Å². The average Bonchev–Trinajstić information content (AvgIpc) is 3.40. The normalized spacial score (nSPS) is 18.7. The average molecular weight is 435 g/mol. The van der Waals surface area contributed by atoms with E-state index in [2.05, 4.69) is 30.8 Å². The fourth-order valence-electron chi connectivity index (χ4n) is 3.50. The Kier molecular flexibility index (Phi) is 5.53. The minimum atomic E-state index is -4.57. The largest absolute Gasteiger partial charge is 0.434 e. The van der Waals surface area contributed by atoms with Gasteiger partial charge in [-0.2, -0.15) is 28.2 Å². The highest BCUT2D eigenvalue weighted by Gasteiger charge is 2.33. The number of nitrogens with one attached hydrogen (secondary N) is 2. The Bertz CT molecular complexity index is 1050. The lowest BCUT2D eigenvalue weighted by molar-refractivity contribution is -0.141. The molecule has 2 atom stereocenters. The Morgan fingerprint density at radius 1 is 1.06 bits per heavy atom. The molecule has 0 spiro atoms. The molecule has 31 heavy (non-hydrogen) atoms. The zero-order chi connectivity index (χ0) is 22.0. The number of alkyl halides is 3. The van der Waals surface area contributed by atoms with Gasteiger partial charge in [0.15, 0.2) is 5.69 Å². The van der Waals surface area contributed by atoms with Crippen molar-refractivity contribution < 1.29 is 22.4 Å². The van der Waals surface area contributed by atoms with Crippen LogP contribution in [-0.2, 0) is 6.18 Å². The summed E-state index contributed by atoms with van der Waals surface area (Å²) in [6, 6.07) is 3.12. The first-order chi connectivity index (χ1) is 14.8. The van der Waals surface area contributed by atoms with Crippen molar-refractivity contribution in [1.82, 2.24) is 30.3 Å². The van der Waals surface area contributed by atoms with Gasteiger partial charge < -0.3 is 10.6 Å². The summed E-state index contributed by atoms with van der Waals surface area (Å²) in [5, 5.41) is 13.8. The summed E-state index contributed by atoms with van der Waals surface area (Å²) in [6.45, 7) is 0. The van der Waals surface area contributed by atoms with E-state index in [4.69, 9.17) is 0 Å². The Morgan fingerprint density at radius 3 is 2.48 bits per heavy atom. The van der Waals surface area contributed by atoms with Crippen molar-refractivity contribution in [2.75, 3.05) is 5.32 Å². The number of rotatable bonds is 5. The maximum absolute atomic E-state index is 13.8. The number of halogens is 4. The van der Waals surface area contributed by atoms with E-state index in [0.717, 1.165) is 18.7 Å². The second kappa shape index (κ2) is 8.28. The maximum atomic E-state index is 13.8. The lowest BCUT2D eigenvalue weighted by Crippen LogP contribution is -2.43. The van der Waals surface area contributed by atoms with E-state index in [0.29, 0.717) is 24.7 Å². The molecular formula is C19H17F4N7O. The fraction of sp³-hybridized carbons (Fsp3) is 0.316. The van der Waals surface area contributed by atoms with Crippen molar-refractivity contribution in [1.29, 1.82) is 0 Å². The van der Waals surface area contributed by atoms with Crippen molar-refractivity contribution in [2.45, 2.75) is 37.5 Å². The van der Waals surface area contributed by atoms with Gasteiger partial charge in [-0.1, -0.05) is 0 Å². The topological polar surface area (TPSA) is 97.6 Å². The van der Waals surface area contributed by atoms with Gasteiger partial charge in [-0.05, 0) is 37.5 Å². The summed E-state index contributed by atoms with van der Waals surface area (Å²) in [4.78, 5) is 21.3. The van der Waals surface area contributed by atoms with E-state index in [9.17, 15) is 22.4 Å².